The highest BCUT2D eigenvalue weighted by Gasteiger charge is 2.20. The van der Waals surface area contributed by atoms with Crippen LogP contribution < -0.4 is 0 Å². The van der Waals surface area contributed by atoms with Gasteiger partial charge in [0.2, 0.25) is 0 Å². The molecule has 0 aromatic carbocycles. The predicted molar refractivity (Wildman–Crippen MR) is 49.5 cm³/mol. The molecule has 0 amide bonds. The van der Waals surface area contributed by atoms with Crippen LogP contribution >= 0.6 is 0 Å². The van der Waals surface area contributed by atoms with E-state index in [0.29, 0.717) is 5.41 Å². The summed E-state index contributed by atoms with van der Waals surface area (Å²) in [5.41, 5.74) is 0.294. The van der Waals surface area contributed by atoms with E-state index in [1.165, 1.54) is 6.42 Å². The molecule has 0 radical (unpaired) electrons. The Morgan fingerprint density at radius 2 is 1.55 bits per heavy atom. The van der Waals surface area contributed by atoms with Gasteiger partial charge >= 0.3 is 0 Å². The van der Waals surface area contributed by atoms with E-state index in [9.17, 15) is 5.11 Å². The summed E-state index contributed by atoms with van der Waals surface area (Å²) in [6, 6.07) is 0. The summed E-state index contributed by atoms with van der Waals surface area (Å²) in [6.07, 6.45) is 1.94. The molecule has 0 heterocycles. The maximum atomic E-state index is 9.20. The summed E-state index contributed by atoms with van der Waals surface area (Å²) in [7, 11) is 0. The first-order valence-corrected chi connectivity index (χ1v) is 4.51. The van der Waals surface area contributed by atoms with Crippen molar-refractivity contribution in [3.8, 4) is 0 Å². The minimum absolute atomic E-state index is 0.163. The van der Waals surface area contributed by atoms with E-state index in [0.717, 1.165) is 12.3 Å². The van der Waals surface area contributed by atoms with E-state index in [1.807, 2.05) is 6.92 Å². The highest BCUT2D eigenvalue weighted by Crippen LogP contribution is 2.30. The molecule has 0 aromatic heterocycles. The third-order valence-electron chi connectivity index (χ3n) is 1.81. The van der Waals surface area contributed by atoms with Crippen molar-refractivity contribution in [2.75, 3.05) is 0 Å². The fourth-order valence-electron chi connectivity index (χ4n) is 1.99. The van der Waals surface area contributed by atoms with Crippen LogP contribution in [0.1, 0.15) is 47.5 Å². The van der Waals surface area contributed by atoms with Gasteiger partial charge in [0, 0.05) is 0 Å². The highest BCUT2D eigenvalue weighted by atomic mass is 16.3. The Kier molecular flexibility index (Phi) is 4.09. The van der Waals surface area contributed by atoms with E-state index in [-0.39, 0.29) is 6.10 Å². The van der Waals surface area contributed by atoms with Gasteiger partial charge in [-0.3, -0.25) is 0 Å². The van der Waals surface area contributed by atoms with Crippen molar-refractivity contribution in [1.29, 1.82) is 0 Å². The predicted octanol–water partition coefficient (Wildman–Crippen LogP) is 2.83. The molecular formula is C10H22O. The lowest BCUT2D eigenvalue weighted by molar-refractivity contribution is 0.117. The van der Waals surface area contributed by atoms with Crippen molar-refractivity contribution in [3.05, 3.63) is 0 Å². The first-order chi connectivity index (χ1) is 4.83. The third kappa shape index (κ3) is 6.36. The molecule has 0 aliphatic heterocycles. The van der Waals surface area contributed by atoms with E-state index >= 15 is 0 Å². The minimum Gasteiger partial charge on any atom is -0.393 e. The average molecular weight is 158 g/mol. The Morgan fingerprint density at radius 1 is 1.09 bits per heavy atom. The zero-order valence-corrected chi connectivity index (χ0v) is 8.52. The number of aliphatic hydroxyl groups is 1. The van der Waals surface area contributed by atoms with Crippen molar-refractivity contribution in [2.45, 2.75) is 53.6 Å². The molecule has 68 valence electrons. The van der Waals surface area contributed by atoms with Crippen LogP contribution in [0.2, 0.25) is 0 Å². The van der Waals surface area contributed by atoms with Crippen LogP contribution in [-0.2, 0) is 0 Å². The second-order valence-electron chi connectivity index (χ2n) is 4.82. The van der Waals surface area contributed by atoms with Crippen LogP contribution in [0.5, 0.6) is 0 Å². The normalized spacial score (nSPS) is 15.5. The van der Waals surface area contributed by atoms with Gasteiger partial charge in [0.05, 0.1) is 6.10 Å². The maximum Gasteiger partial charge on any atom is 0.0517 e. The lowest BCUT2D eigenvalue weighted by Gasteiger charge is -2.27. The Hall–Kier alpha value is -0.0400. The van der Waals surface area contributed by atoms with E-state index in [4.69, 9.17) is 0 Å². The highest BCUT2D eigenvalue weighted by molar-refractivity contribution is 4.72. The SMILES string of the molecule is CC(C)CC(C)(C)CC(C)O. The van der Waals surface area contributed by atoms with Crippen molar-refractivity contribution in [2.24, 2.45) is 11.3 Å². The fourth-order valence-corrected chi connectivity index (χ4v) is 1.99. The first kappa shape index (κ1) is 11.0. The molecule has 0 fully saturated rings. The number of aliphatic hydroxyl groups excluding tert-OH is 1. The molecule has 1 N–H and O–H groups in total. The van der Waals surface area contributed by atoms with Gasteiger partial charge in [-0.15, -0.1) is 0 Å². The van der Waals surface area contributed by atoms with Crippen LogP contribution in [0.4, 0.5) is 0 Å². The Morgan fingerprint density at radius 3 is 1.82 bits per heavy atom. The molecule has 0 rings (SSSR count). The van der Waals surface area contributed by atoms with Gasteiger partial charge in [0.1, 0.15) is 0 Å². The molecule has 0 aliphatic carbocycles. The molecule has 1 nitrogen and oxygen atoms in total. The Bertz CT molecular complexity index is 91.4. The monoisotopic (exact) mass is 158 g/mol. The summed E-state index contributed by atoms with van der Waals surface area (Å²) in [5.74, 6) is 0.726. The van der Waals surface area contributed by atoms with Crippen molar-refractivity contribution in [3.63, 3.8) is 0 Å². The zero-order chi connectivity index (χ0) is 9.07. The summed E-state index contributed by atoms with van der Waals surface area (Å²) in [6.45, 7) is 10.8. The molecule has 0 bridgehead atoms. The smallest absolute Gasteiger partial charge is 0.0517 e. The fraction of sp³-hybridized carbons (Fsp3) is 1.00. The number of hydrogen-bond donors (Lipinski definition) is 1. The maximum absolute atomic E-state index is 9.20. The number of rotatable bonds is 4. The van der Waals surface area contributed by atoms with Gasteiger partial charge in [-0.05, 0) is 31.1 Å². The lowest BCUT2D eigenvalue weighted by atomic mass is 9.80. The second-order valence-corrected chi connectivity index (χ2v) is 4.82. The van der Waals surface area contributed by atoms with Crippen molar-refractivity contribution < 1.29 is 5.11 Å². The molecule has 11 heavy (non-hydrogen) atoms. The Labute approximate surface area is 70.8 Å². The molecule has 0 saturated heterocycles. The van der Waals surface area contributed by atoms with Gasteiger partial charge in [0.15, 0.2) is 0 Å². The van der Waals surface area contributed by atoms with Gasteiger partial charge in [-0.25, -0.2) is 0 Å². The quantitative estimate of drug-likeness (QED) is 0.667. The standard InChI is InChI=1S/C10H22O/c1-8(2)6-10(4,5)7-9(3)11/h8-9,11H,6-7H2,1-5H3. The van der Waals surface area contributed by atoms with Crippen LogP contribution in [0.15, 0.2) is 0 Å². The van der Waals surface area contributed by atoms with Crippen LogP contribution in [0.25, 0.3) is 0 Å². The summed E-state index contributed by atoms with van der Waals surface area (Å²) in [4.78, 5) is 0. The van der Waals surface area contributed by atoms with Crippen molar-refractivity contribution >= 4 is 0 Å². The topological polar surface area (TPSA) is 20.2 Å². The van der Waals surface area contributed by atoms with Crippen LogP contribution in [0, 0.1) is 11.3 Å². The molecule has 1 heteroatoms. The van der Waals surface area contributed by atoms with Gasteiger partial charge in [-0.1, -0.05) is 27.7 Å². The Balaban J connectivity index is 3.79. The zero-order valence-electron chi connectivity index (χ0n) is 8.52. The summed E-state index contributed by atoms with van der Waals surface area (Å²) >= 11 is 0. The van der Waals surface area contributed by atoms with Crippen LogP contribution in [-0.4, -0.2) is 11.2 Å². The van der Waals surface area contributed by atoms with Gasteiger partial charge in [-0.2, -0.15) is 0 Å². The average Bonchev–Trinajstić information content (AvgIpc) is 1.53. The summed E-state index contributed by atoms with van der Waals surface area (Å²) < 4.78 is 0. The number of hydrogen-bond acceptors (Lipinski definition) is 1. The molecule has 1 atom stereocenters. The molecule has 0 saturated carbocycles. The molecule has 0 aliphatic rings. The third-order valence-corrected chi connectivity index (χ3v) is 1.81. The van der Waals surface area contributed by atoms with Crippen molar-refractivity contribution in [1.82, 2.24) is 0 Å². The second kappa shape index (κ2) is 4.10. The lowest BCUT2D eigenvalue weighted by Crippen LogP contribution is -2.20. The minimum atomic E-state index is -0.163. The van der Waals surface area contributed by atoms with E-state index in [1.54, 1.807) is 0 Å². The summed E-state index contributed by atoms with van der Waals surface area (Å²) in [5, 5.41) is 9.20. The molecular weight excluding hydrogens is 136 g/mol. The molecule has 1 unspecified atom stereocenters. The largest absolute Gasteiger partial charge is 0.393 e. The van der Waals surface area contributed by atoms with Gasteiger partial charge in [0.25, 0.3) is 0 Å². The first-order valence-electron chi connectivity index (χ1n) is 4.51. The molecule has 0 spiro atoms. The van der Waals surface area contributed by atoms with E-state index in [2.05, 4.69) is 27.7 Å². The molecule has 0 aromatic rings. The van der Waals surface area contributed by atoms with Crippen LogP contribution in [0.3, 0.4) is 0 Å². The van der Waals surface area contributed by atoms with E-state index < -0.39 is 0 Å². The van der Waals surface area contributed by atoms with Gasteiger partial charge < -0.3 is 5.11 Å².